The Balaban J connectivity index is 2.10. The van der Waals surface area contributed by atoms with Crippen molar-refractivity contribution in [3.63, 3.8) is 0 Å². The number of carbonyl (C=O) groups is 1. The number of H-pyrrole nitrogens is 1. The molecule has 0 aromatic carbocycles. The second-order valence-electron chi connectivity index (χ2n) is 4.06. The number of nitrogens with zero attached hydrogens (tertiary/aromatic N) is 3. The van der Waals surface area contributed by atoms with Gasteiger partial charge in [0.05, 0.1) is 20.4 Å². The Hall–Kier alpha value is -1.95. The van der Waals surface area contributed by atoms with E-state index >= 15 is 0 Å². The maximum Gasteiger partial charge on any atom is 0.362 e. The fraction of sp³-hybridized carbons (Fsp3) is 0.364. The molecule has 2 heterocycles. The third-order valence-electron chi connectivity index (χ3n) is 2.77. The molecule has 1 atom stereocenters. The summed E-state index contributed by atoms with van der Waals surface area (Å²) in [7, 11) is 3.31. The topological polar surface area (TPSA) is 67.3 Å². The monoisotopic (exact) mass is 235 g/mol. The molecular weight excluding hydrogens is 220 g/mol. The van der Waals surface area contributed by atoms with Crippen molar-refractivity contribution >= 4 is 11.8 Å². The fourth-order valence-corrected chi connectivity index (χ4v) is 1.73. The van der Waals surface area contributed by atoms with Gasteiger partial charge in [0.15, 0.2) is 6.54 Å². The van der Waals surface area contributed by atoms with Gasteiger partial charge in [-0.2, -0.15) is 0 Å². The predicted octanol–water partition coefficient (Wildman–Crippen LogP) is 0.455. The SMILES string of the molecule is COC(=O)C[N+]1(C)C=CN=C1Cc1ncc[nH]1. The molecule has 90 valence electrons. The Kier molecular flexibility index (Phi) is 3.06. The number of aliphatic imine (C=N–C) groups is 1. The van der Waals surface area contributed by atoms with Crippen LogP contribution in [0.15, 0.2) is 29.8 Å². The maximum absolute atomic E-state index is 11.4. The zero-order valence-electron chi connectivity index (χ0n) is 9.88. The van der Waals surface area contributed by atoms with E-state index in [2.05, 4.69) is 15.0 Å². The van der Waals surface area contributed by atoms with Gasteiger partial charge in [-0.3, -0.25) is 0 Å². The third-order valence-corrected chi connectivity index (χ3v) is 2.77. The Labute approximate surface area is 99.2 Å². The minimum absolute atomic E-state index is 0.243. The number of rotatable bonds is 4. The van der Waals surface area contributed by atoms with Crippen molar-refractivity contribution in [3.8, 4) is 0 Å². The maximum atomic E-state index is 11.4. The van der Waals surface area contributed by atoms with E-state index in [0.29, 0.717) is 10.9 Å². The number of hydrogen-bond donors (Lipinski definition) is 1. The molecule has 0 bridgehead atoms. The Morgan fingerprint density at radius 2 is 2.41 bits per heavy atom. The molecule has 6 heteroatoms. The highest BCUT2D eigenvalue weighted by Gasteiger charge is 2.34. The molecule has 0 saturated heterocycles. The lowest BCUT2D eigenvalue weighted by molar-refractivity contribution is -0.756. The standard InChI is InChI=1S/C11H15N4O2/c1-15(8-11(16)17-2)6-5-14-10(15)7-9-12-3-4-13-9/h3-6H,7-8H2,1-2H3,(H,12,13)/q+1. The van der Waals surface area contributed by atoms with E-state index in [1.807, 2.05) is 13.2 Å². The van der Waals surface area contributed by atoms with Crippen molar-refractivity contribution in [2.45, 2.75) is 6.42 Å². The van der Waals surface area contributed by atoms with E-state index in [-0.39, 0.29) is 12.5 Å². The third kappa shape index (κ3) is 2.42. The van der Waals surface area contributed by atoms with Gasteiger partial charge in [0.1, 0.15) is 18.4 Å². The number of nitrogens with one attached hydrogen (secondary N) is 1. The molecule has 0 saturated carbocycles. The summed E-state index contributed by atoms with van der Waals surface area (Å²) in [5.74, 6) is 1.44. The van der Waals surface area contributed by atoms with Gasteiger partial charge in [0.25, 0.3) is 0 Å². The molecule has 17 heavy (non-hydrogen) atoms. The van der Waals surface area contributed by atoms with Gasteiger partial charge in [-0.05, 0) is 0 Å². The molecule has 0 fully saturated rings. The number of esters is 1. The summed E-state index contributed by atoms with van der Waals surface area (Å²) in [6, 6.07) is 0. The molecule has 0 amide bonds. The normalized spacial score (nSPS) is 22.6. The minimum Gasteiger partial charge on any atom is -0.465 e. The molecular formula is C11H15N4O2+. The lowest BCUT2D eigenvalue weighted by Gasteiger charge is -2.25. The van der Waals surface area contributed by atoms with Crippen LogP contribution in [-0.4, -0.2) is 47.0 Å². The number of likely N-dealkylation sites (N-methyl/N-ethyl adjacent to an activating group) is 1. The average Bonchev–Trinajstić information content (AvgIpc) is 2.91. The van der Waals surface area contributed by atoms with Crippen LogP contribution in [0.25, 0.3) is 0 Å². The van der Waals surface area contributed by atoms with Crippen LogP contribution in [0.4, 0.5) is 0 Å². The molecule has 1 N–H and O–H groups in total. The molecule has 0 aliphatic carbocycles. The van der Waals surface area contributed by atoms with Gasteiger partial charge in [-0.15, -0.1) is 0 Å². The summed E-state index contributed by atoms with van der Waals surface area (Å²) < 4.78 is 5.03. The van der Waals surface area contributed by atoms with E-state index in [9.17, 15) is 4.79 Å². The number of methoxy groups -OCH3 is 1. The molecule has 1 aromatic rings. The first-order valence-corrected chi connectivity index (χ1v) is 5.29. The van der Waals surface area contributed by atoms with Gasteiger partial charge in [0, 0.05) is 12.4 Å². The summed E-state index contributed by atoms with van der Waals surface area (Å²) in [5.41, 5.74) is 0. The number of carbonyl (C=O) groups excluding carboxylic acids is 1. The molecule has 0 spiro atoms. The van der Waals surface area contributed by atoms with Crippen LogP contribution >= 0.6 is 0 Å². The van der Waals surface area contributed by atoms with Gasteiger partial charge in [-0.25, -0.2) is 19.3 Å². The molecule has 2 rings (SSSR count). The highest BCUT2D eigenvalue weighted by Crippen LogP contribution is 2.16. The van der Waals surface area contributed by atoms with Gasteiger partial charge < -0.3 is 9.72 Å². The summed E-state index contributed by atoms with van der Waals surface area (Å²) >= 11 is 0. The lowest BCUT2D eigenvalue weighted by Crippen LogP contribution is -2.47. The van der Waals surface area contributed by atoms with E-state index in [4.69, 9.17) is 4.74 Å². The fourth-order valence-electron chi connectivity index (χ4n) is 1.73. The minimum atomic E-state index is -0.258. The van der Waals surface area contributed by atoms with Crippen LogP contribution in [0.2, 0.25) is 0 Å². The molecule has 0 radical (unpaired) electrons. The first-order valence-electron chi connectivity index (χ1n) is 5.29. The van der Waals surface area contributed by atoms with Crippen LogP contribution < -0.4 is 0 Å². The highest BCUT2D eigenvalue weighted by molar-refractivity contribution is 5.82. The Morgan fingerprint density at radius 1 is 1.59 bits per heavy atom. The van der Waals surface area contributed by atoms with E-state index in [1.54, 1.807) is 18.6 Å². The summed E-state index contributed by atoms with van der Waals surface area (Å²) in [6.45, 7) is 0.243. The number of aromatic nitrogens is 2. The number of aromatic amines is 1. The zero-order chi connectivity index (χ0) is 12.3. The second kappa shape index (κ2) is 4.50. The predicted molar refractivity (Wildman–Crippen MR) is 61.9 cm³/mol. The average molecular weight is 235 g/mol. The lowest BCUT2D eigenvalue weighted by atomic mass is 10.3. The number of ether oxygens (including phenoxy) is 1. The van der Waals surface area contributed by atoms with Crippen molar-refractivity contribution in [1.82, 2.24) is 9.97 Å². The second-order valence-corrected chi connectivity index (χ2v) is 4.06. The van der Waals surface area contributed by atoms with E-state index in [0.717, 1.165) is 11.7 Å². The summed E-state index contributed by atoms with van der Waals surface area (Å²) in [5, 5.41) is 0. The van der Waals surface area contributed by atoms with Crippen LogP contribution in [0.1, 0.15) is 5.82 Å². The van der Waals surface area contributed by atoms with Gasteiger partial charge in [0.2, 0.25) is 5.84 Å². The number of imidazole rings is 1. The van der Waals surface area contributed by atoms with Gasteiger partial charge in [-0.1, -0.05) is 0 Å². The van der Waals surface area contributed by atoms with Crippen LogP contribution in [0.3, 0.4) is 0 Å². The van der Waals surface area contributed by atoms with Crippen molar-refractivity contribution in [3.05, 3.63) is 30.6 Å². The molecule has 1 aliphatic heterocycles. The van der Waals surface area contributed by atoms with Crippen molar-refractivity contribution in [2.75, 3.05) is 20.7 Å². The van der Waals surface area contributed by atoms with E-state index < -0.39 is 0 Å². The van der Waals surface area contributed by atoms with Crippen LogP contribution in [0, 0.1) is 0 Å². The van der Waals surface area contributed by atoms with E-state index in [1.165, 1.54) is 7.11 Å². The number of hydrogen-bond acceptors (Lipinski definition) is 4. The first-order chi connectivity index (χ1) is 8.14. The highest BCUT2D eigenvalue weighted by atomic mass is 16.5. The summed E-state index contributed by atoms with van der Waals surface area (Å²) in [4.78, 5) is 22.8. The summed E-state index contributed by atoms with van der Waals surface area (Å²) in [6.07, 6.45) is 7.63. The molecule has 6 nitrogen and oxygen atoms in total. The number of amidine groups is 1. The molecule has 1 aromatic heterocycles. The van der Waals surface area contributed by atoms with Crippen molar-refractivity contribution in [2.24, 2.45) is 4.99 Å². The van der Waals surface area contributed by atoms with Crippen LogP contribution in [-0.2, 0) is 16.0 Å². The largest absolute Gasteiger partial charge is 0.465 e. The Morgan fingerprint density at radius 3 is 3.06 bits per heavy atom. The van der Waals surface area contributed by atoms with Crippen LogP contribution in [0.5, 0.6) is 0 Å². The van der Waals surface area contributed by atoms with Gasteiger partial charge >= 0.3 is 5.97 Å². The quantitative estimate of drug-likeness (QED) is 0.608. The smallest absolute Gasteiger partial charge is 0.362 e. The molecule has 1 aliphatic rings. The number of quaternary nitrogens is 1. The first kappa shape index (κ1) is 11.5. The Bertz CT molecular complexity index is 464. The van der Waals surface area contributed by atoms with Crippen molar-refractivity contribution in [1.29, 1.82) is 0 Å². The molecule has 1 unspecified atom stereocenters. The zero-order valence-corrected chi connectivity index (χ0v) is 9.88. The van der Waals surface area contributed by atoms with Crippen molar-refractivity contribution < 1.29 is 14.0 Å².